The summed E-state index contributed by atoms with van der Waals surface area (Å²) in [6, 6.07) is 44.2. The van der Waals surface area contributed by atoms with Crippen LogP contribution >= 0.6 is 7.26 Å². The molecule has 0 spiro atoms. The summed E-state index contributed by atoms with van der Waals surface area (Å²) in [6.07, 6.45) is 5.07. The molecule has 228 valence electrons. The molecule has 45 heavy (non-hydrogen) atoms. The van der Waals surface area contributed by atoms with E-state index in [4.69, 9.17) is 9.47 Å². The number of rotatable bonds is 12. The molecule has 5 heteroatoms. The van der Waals surface area contributed by atoms with E-state index in [1.165, 1.54) is 29.8 Å². The Labute approximate surface area is 266 Å². The zero-order chi connectivity index (χ0) is 31.6. The van der Waals surface area contributed by atoms with Gasteiger partial charge in [0.2, 0.25) is 0 Å². The Morgan fingerprint density at radius 2 is 1.18 bits per heavy atom. The number of carbonyl (C=O) groups excluding carboxylic acids is 2. The van der Waals surface area contributed by atoms with E-state index in [2.05, 4.69) is 104 Å². The summed E-state index contributed by atoms with van der Waals surface area (Å²) < 4.78 is 11.3. The average molecular weight is 615 g/mol. The molecule has 0 saturated carbocycles. The van der Waals surface area contributed by atoms with Crippen molar-refractivity contribution in [3.8, 4) is 22.6 Å². The van der Waals surface area contributed by atoms with Crippen molar-refractivity contribution in [2.45, 2.75) is 33.1 Å². The van der Waals surface area contributed by atoms with Crippen molar-refractivity contribution in [1.29, 1.82) is 0 Å². The van der Waals surface area contributed by atoms with Crippen LogP contribution < -0.4 is 25.4 Å². The first-order valence-corrected chi connectivity index (χ1v) is 17.5. The quantitative estimate of drug-likeness (QED) is 0.0629. The van der Waals surface area contributed by atoms with Crippen molar-refractivity contribution in [1.82, 2.24) is 0 Å². The van der Waals surface area contributed by atoms with Crippen LogP contribution in [0.4, 0.5) is 0 Å². The first-order valence-electron chi connectivity index (χ1n) is 15.3. The van der Waals surface area contributed by atoms with Crippen LogP contribution in [0.15, 0.2) is 140 Å². The van der Waals surface area contributed by atoms with Crippen molar-refractivity contribution < 1.29 is 19.1 Å². The fraction of sp³-hybridized carbons (Fsp3) is 0.150. The molecule has 0 heterocycles. The topological polar surface area (TPSA) is 52.6 Å². The van der Waals surface area contributed by atoms with E-state index in [0.29, 0.717) is 24.3 Å². The molecule has 4 nitrogen and oxygen atoms in total. The normalized spacial score (nSPS) is 11.4. The number of hydrogen-bond acceptors (Lipinski definition) is 4. The molecule has 0 saturated heterocycles. The van der Waals surface area contributed by atoms with Crippen molar-refractivity contribution >= 4 is 35.1 Å². The molecule has 0 bridgehead atoms. The summed E-state index contributed by atoms with van der Waals surface area (Å²) in [5, 5.41) is 4.09. The summed E-state index contributed by atoms with van der Waals surface area (Å²) in [4.78, 5) is 24.1. The Morgan fingerprint density at radius 1 is 0.667 bits per heavy atom. The Hall–Kier alpha value is -4.79. The van der Waals surface area contributed by atoms with Crippen LogP contribution in [0, 0.1) is 0 Å². The number of esters is 2. The zero-order valence-electron chi connectivity index (χ0n) is 25.9. The number of benzene rings is 5. The van der Waals surface area contributed by atoms with Gasteiger partial charge in [-0.15, -0.1) is 0 Å². The summed E-state index contributed by atoms with van der Waals surface area (Å²) in [5.74, 6) is 0.298. The SMILES string of the molecule is C=CCc1ccc(OC(C)=O)c(-c2ccc(OC(C)=O)c(CCC[PH](c3ccccc3)(c3ccccc3)c3ccccc3)c2)c1. The summed E-state index contributed by atoms with van der Waals surface area (Å²) in [5.41, 5.74) is 3.69. The second kappa shape index (κ2) is 14.8. The molecule has 5 aromatic rings. The van der Waals surface area contributed by atoms with Gasteiger partial charge in [-0.3, -0.25) is 0 Å². The van der Waals surface area contributed by atoms with E-state index in [9.17, 15) is 9.59 Å². The summed E-state index contributed by atoms with van der Waals surface area (Å²) in [7, 11) is -2.42. The molecular formula is C40H39O4P. The molecular weight excluding hydrogens is 575 g/mol. The minimum atomic E-state index is -2.42. The molecule has 0 aliphatic carbocycles. The minimum absolute atomic E-state index is 0.362. The second-order valence-corrected chi connectivity index (χ2v) is 15.2. The van der Waals surface area contributed by atoms with Crippen molar-refractivity contribution in [3.05, 3.63) is 151 Å². The van der Waals surface area contributed by atoms with Crippen molar-refractivity contribution in [3.63, 3.8) is 0 Å². The number of ether oxygens (including phenoxy) is 2. The van der Waals surface area contributed by atoms with E-state index < -0.39 is 7.26 Å². The Kier molecular flexibility index (Phi) is 10.4. The fourth-order valence-corrected chi connectivity index (χ4v) is 11.0. The van der Waals surface area contributed by atoms with E-state index >= 15 is 0 Å². The van der Waals surface area contributed by atoms with Gasteiger partial charge in [0, 0.05) is 0 Å². The van der Waals surface area contributed by atoms with Gasteiger partial charge in [0.15, 0.2) is 0 Å². The van der Waals surface area contributed by atoms with Gasteiger partial charge < -0.3 is 0 Å². The third kappa shape index (κ3) is 7.48. The van der Waals surface area contributed by atoms with Crippen LogP contribution in [-0.2, 0) is 22.4 Å². The Bertz CT molecular complexity index is 1670. The third-order valence-corrected chi connectivity index (χ3v) is 13.2. The van der Waals surface area contributed by atoms with Gasteiger partial charge in [0.25, 0.3) is 0 Å². The fourth-order valence-electron chi connectivity index (χ4n) is 6.18. The molecule has 0 fully saturated rings. The van der Waals surface area contributed by atoms with Crippen molar-refractivity contribution in [2.75, 3.05) is 6.16 Å². The van der Waals surface area contributed by atoms with Crippen LogP contribution in [-0.4, -0.2) is 18.1 Å². The molecule has 0 N–H and O–H groups in total. The number of aryl methyl sites for hydroxylation is 1. The van der Waals surface area contributed by atoms with Gasteiger partial charge in [-0.1, -0.05) is 0 Å². The van der Waals surface area contributed by atoms with Gasteiger partial charge in [-0.2, -0.15) is 0 Å². The van der Waals surface area contributed by atoms with Crippen LogP contribution in [0.2, 0.25) is 0 Å². The predicted octanol–water partition coefficient (Wildman–Crippen LogP) is 7.59. The molecule has 0 aromatic heterocycles. The van der Waals surface area contributed by atoms with E-state index in [1.54, 1.807) is 0 Å². The number of carbonyl (C=O) groups is 2. The first-order chi connectivity index (χ1) is 21.9. The maximum atomic E-state index is 12.1. The molecule has 5 aromatic carbocycles. The molecule has 0 aliphatic rings. The van der Waals surface area contributed by atoms with Crippen LogP contribution in [0.1, 0.15) is 31.4 Å². The molecule has 0 aliphatic heterocycles. The summed E-state index contributed by atoms with van der Waals surface area (Å²) in [6.45, 7) is 6.70. The maximum absolute atomic E-state index is 12.1. The zero-order valence-corrected chi connectivity index (χ0v) is 26.9. The average Bonchev–Trinajstić information content (AvgIpc) is 3.05. The van der Waals surface area contributed by atoms with Crippen molar-refractivity contribution in [2.24, 2.45) is 0 Å². The molecule has 5 rings (SSSR count). The molecule has 0 radical (unpaired) electrons. The van der Waals surface area contributed by atoms with E-state index in [-0.39, 0.29) is 11.9 Å². The van der Waals surface area contributed by atoms with Gasteiger partial charge in [-0.25, -0.2) is 0 Å². The van der Waals surface area contributed by atoms with Gasteiger partial charge >= 0.3 is 267 Å². The standard InChI is InChI=1S/C40H39O4P/c1-4-15-32-23-25-40(44-31(3)42)38(28-32)33-24-26-39(43-30(2)41)34(29-33)16-14-27-45(35-17-8-5-9-18-35,36-19-10-6-11-20-36)37-21-12-7-13-22-37/h4-13,17-26,28-29,45H,1,14-16,27H2,2-3H3. The number of allylic oxidation sites excluding steroid dienone is 1. The number of hydrogen-bond donors (Lipinski definition) is 0. The van der Waals surface area contributed by atoms with Crippen LogP contribution in [0.25, 0.3) is 11.1 Å². The molecule has 0 atom stereocenters. The predicted molar refractivity (Wildman–Crippen MR) is 188 cm³/mol. The molecule has 0 unspecified atom stereocenters. The van der Waals surface area contributed by atoms with Gasteiger partial charge in [-0.05, 0) is 0 Å². The van der Waals surface area contributed by atoms with Gasteiger partial charge in [0.1, 0.15) is 0 Å². The summed E-state index contributed by atoms with van der Waals surface area (Å²) >= 11 is 0. The van der Waals surface area contributed by atoms with Gasteiger partial charge in [0.05, 0.1) is 0 Å². The second-order valence-electron chi connectivity index (χ2n) is 11.2. The van der Waals surface area contributed by atoms with Crippen LogP contribution in [0.3, 0.4) is 0 Å². The van der Waals surface area contributed by atoms with Crippen LogP contribution in [0.5, 0.6) is 11.5 Å². The molecule has 0 amide bonds. The Morgan fingerprint density at radius 3 is 1.69 bits per heavy atom. The monoisotopic (exact) mass is 614 g/mol. The van der Waals surface area contributed by atoms with E-state index in [1.807, 2.05) is 36.4 Å². The third-order valence-electron chi connectivity index (χ3n) is 8.10. The van der Waals surface area contributed by atoms with E-state index in [0.717, 1.165) is 34.8 Å². The Balaban J connectivity index is 1.56. The first kappa shape index (κ1) is 31.6.